The van der Waals surface area contributed by atoms with Crippen molar-refractivity contribution in [3.05, 3.63) is 0 Å². The summed E-state index contributed by atoms with van der Waals surface area (Å²) in [5.41, 5.74) is 0.0262. The molecule has 0 radical (unpaired) electrons. The third-order valence-corrected chi connectivity index (χ3v) is 5.23. The lowest BCUT2D eigenvalue weighted by Gasteiger charge is -2.33. The van der Waals surface area contributed by atoms with Crippen LogP contribution in [-0.4, -0.2) is 35.8 Å². The van der Waals surface area contributed by atoms with Gasteiger partial charge in [-0.15, -0.1) is 0 Å². The first kappa shape index (κ1) is 14.3. The highest BCUT2D eigenvalue weighted by atomic mass is 32.2. The molecule has 16 heavy (non-hydrogen) atoms. The van der Waals surface area contributed by atoms with Crippen molar-refractivity contribution in [2.75, 3.05) is 25.2 Å². The zero-order valence-corrected chi connectivity index (χ0v) is 11.8. The van der Waals surface area contributed by atoms with E-state index in [0.29, 0.717) is 12.5 Å². The Morgan fingerprint density at radius 3 is 2.81 bits per heavy atom. The van der Waals surface area contributed by atoms with Crippen LogP contribution in [0.5, 0.6) is 0 Å². The van der Waals surface area contributed by atoms with E-state index >= 15 is 0 Å². The molecule has 0 amide bonds. The average molecular weight is 245 g/mol. The molecule has 2 N–H and O–H groups in total. The maximum Gasteiger partial charge on any atom is 0.0615 e. The third kappa shape index (κ3) is 3.64. The fraction of sp³-hybridized carbons (Fsp3) is 1.00. The van der Waals surface area contributed by atoms with Crippen LogP contribution in [0.15, 0.2) is 0 Å². The summed E-state index contributed by atoms with van der Waals surface area (Å²) in [5.74, 6) is 3.97. The second kappa shape index (κ2) is 6.87. The number of hydrogen-bond donors (Lipinski definition) is 2. The van der Waals surface area contributed by atoms with Crippen LogP contribution in [0.3, 0.4) is 0 Å². The molecule has 3 heteroatoms. The van der Waals surface area contributed by atoms with E-state index < -0.39 is 0 Å². The summed E-state index contributed by atoms with van der Waals surface area (Å²) in [6.07, 6.45) is 4.93. The predicted octanol–water partition coefficient (Wildman–Crippen LogP) is 2.52. The van der Waals surface area contributed by atoms with E-state index in [9.17, 15) is 5.11 Å². The SMILES string of the molecule is CNC1(CO)CCCC1CCSCC(C)C. The van der Waals surface area contributed by atoms with Crippen LogP contribution in [-0.2, 0) is 0 Å². The van der Waals surface area contributed by atoms with Crippen molar-refractivity contribution in [2.45, 2.75) is 45.1 Å². The van der Waals surface area contributed by atoms with Gasteiger partial charge in [0.2, 0.25) is 0 Å². The molecule has 2 atom stereocenters. The third-order valence-electron chi connectivity index (χ3n) is 3.80. The molecule has 0 aromatic heterocycles. The highest BCUT2D eigenvalue weighted by molar-refractivity contribution is 7.99. The first-order valence-corrected chi connectivity index (χ1v) is 7.67. The van der Waals surface area contributed by atoms with Gasteiger partial charge in [0.15, 0.2) is 0 Å². The van der Waals surface area contributed by atoms with Crippen molar-refractivity contribution < 1.29 is 5.11 Å². The average Bonchev–Trinajstić information content (AvgIpc) is 2.67. The molecule has 1 aliphatic rings. The van der Waals surface area contributed by atoms with E-state index in [0.717, 1.165) is 12.3 Å². The summed E-state index contributed by atoms with van der Waals surface area (Å²) >= 11 is 2.06. The van der Waals surface area contributed by atoms with Crippen molar-refractivity contribution in [3.63, 3.8) is 0 Å². The molecule has 0 aliphatic heterocycles. The predicted molar refractivity (Wildman–Crippen MR) is 73.0 cm³/mol. The van der Waals surface area contributed by atoms with Crippen LogP contribution in [0.1, 0.15) is 39.5 Å². The van der Waals surface area contributed by atoms with Gasteiger partial charge in [-0.25, -0.2) is 0 Å². The first-order chi connectivity index (χ1) is 7.64. The van der Waals surface area contributed by atoms with Gasteiger partial charge >= 0.3 is 0 Å². The highest BCUT2D eigenvalue weighted by Gasteiger charge is 2.40. The molecular weight excluding hydrogens is 218 g/mol. The topological polar surface area (TPSA) is 32.3 Å². The molecular formula is C13H27NOS. The Kier molecular flexibility index (Phi) is 6.16. The molecule has 0 heterocycles. The fourth-order valence-corrected chi connectivity index (χ4v) is 3.82. The molecule has 1 aliphatic carbocycles. The molecule has 1 rings (SSSR count). The summed E-state index contributed by atoms with van der Waals surface area (Å²) in [6, 6.07) is 0. The Morgan fingerprint density at radius 1 is 1.50 bits per heavy atom. The monoisotopic (exact) mass is 245 g/mol. The van der Waals surface area contributed by atoms with Crippen LogP contribution in [0.2, 0.25) is 0 Å². The molecule has 2 unspecified atom stereocenters. The van der Waals surface area contributed by atoms with Crippen molar-refractivity contribution in [2.24, 2.45) is 11.8 Å². The number of hydrogen-bond acceptors (Lipinski definition) is 3. The molecule has 0 aromatic rings. The molecule has 0 spiro atoms. The van der Waals surface area contributed by atoms with Gasteiger partial charge in [-0.3, -0.25) is 0 Å². The smallest absolute Gasteiger partial charge is 0.0615 e. The Hall–Kier alpha value is 0.270. The first-order valence-electron chi connectivity index (χ1n) is 6.52. The number of rotatable bonds is 7. The van der Waals surface area contributed by atoms with E-state index in [2.05, 4.69) is 30.9 Å². The minimum atomic E-state index is 0.0262. The molecule has 1 saturated carbocycles. The number of aliphatic hydroxyl groups is 1. The molecule has 1 fully saturated rings. The van der Waals surface area contributed by atoms with E-state index in [4.69, 9.17) is 0 Å². The van der Waals surface area contributed by atoms with Crippen LogP contribution >= 0.6 is 11.8 Å². The van der Waals surface area contributed by atoms with Gasteiger partial charge in [0, 0.05) is 5.54 Å². The Morgan fingerprint density at radius 2 is 2.25 bits per heavy atom. The zero-order valence-electron chi connectivity index (χ0n) is 11.0. The van der Waals surface area contributed by atoms with Gasteiger partial charge in [-0.05, 0) is 49.7 Å². The lowest BCUT2D eigenvalue weighted by atomic mass is 9.86. The molecule has 2 nitrogen and oxygen atoms in total. The van der Waals surface area contributed by atoms with E-state index in [1.807, 2.05) is 7.05 Å². The lowest BCUT2D eigenvalue weighted by Crippen LogP contribution is -2.49. The molecule has 0 aromatic carbocycles. The van der Waals surface area contributed by atoms with Crippen molar-refractivity contribution in [1.82, 2.24) is 5.32 Å². The zero-order chi connectivity index (χ0) is 12.0. The van der Waals surface area contributed by atoms with Gasteiger partial charge in [-0.2, -0.15) is 11.8 Å². The standard InChI is InChI=1S/C13H27NOS/c1-11(2)9-16-8-6-12-5-4-7-13(12,10-15)14-3/h11-12,14-15H,4-10H2,1-3H3. The normalized spacial score (nSPS) is 30.2. The molecule has 0 saturated heterocycles. The maximum atomic E-state index is 9.56. The second-order valence-corrected chi connectivity index (χ2v) is 6.56. The number of thioether (sulfide) groups is 1. The summed E-state index contributed by atoms with van der Waals surface area (Å²) in [6.45, 7) is 4.84. The second-order valence-electron chi connectivity index (χ2n) is 5.41. The molecule has 0 bridgehead atoms. The van der Waals surface area contributed by atoms with Crippen LogP contribution in [0, 0.1) is 11.8 Å². The summed E-state index contributed by atoms with van der Waals surface area (Å²) in [4.78, 5) is 0. The largest absolute Gasteiger partial charge is 0.394 e. The molecule has 96 valence electrons. The quantitative estimate of drug-likeness (QED) is 0.676. The number of likely N-dealkylation sites (N-methyl/N-ethyl adjacent to an activating group) is 1. The van der Waals surface area contributed by atoms with E-state index in [-0.39, 0.29) is 5.54 Å². The Balaban J connectivity index is 2.30. The van der Waals surface area contributed by atoms with E-state index in [1.54, 1.807) is 0 Å². The summed E-state index contributed by atoms with van der Waals surface area (Å²) in [5, 5.41) is 12.9. The number of aliphatic hydroxyl groups excluding tert-OH is 1. The van der Waals surface area contributed by atoms with E-state index in [1.165, 1.54) is 30.8 Å². The van der Waals surface area contributed by atoms with Gasteiger partial charge in [-0.1, -0.05) is 20.3 Å². The number of nitrogens with one attached hydrogen (secondary N) is 1. The van der Waals surface area contributed by atoms with Gasteiger partial charge in [0.05, 0.1) is 6.61 Å². The van der Waals surface area contributed by atoms with Gasteiger partial charge in [0.25, 0.3) is 0 Å². The van der Waals surface area contributed by atoms with Crippen molar-refractivity contribution in [3.8, 4) is 0 Å². The van der Waals surface area contributed by atoms with Crippen molar-refractivity contribution >= 4 is 11.8 Å². The van der Waals surface area contributed by atoms with Gasteiger partial charge < -0.3 is 10.4 Å². The van der Waals surface area contributed by atoms with Crippen LogP contribution in [0.4, 0.5) is 0 Å². The summed E-state index contributed by atoms with van der Waals surface area (Å²) < 4.78 is 0. The van der Waals surface area contributed by atoms with Gasteiger partial charge in [0.1, 0.15) is 0 Å². The van der Waals surface area contributed by atoms with Crippen molar-refractivity contribution in [1.29, 1.82) is 0 Å². The Bertz CT molecular complexity index is 192. The summed E-state index contributed by atoms with van der Waals surface area (Å²) in [7, 11) is 2.00. The fourth-order valence-electron chi connectivity index (χ4n) is 2.73. The minimum absolute atomic E-state index is 0.0262. The Labute approximate surface area is 105 Å². The van der Waals surface area contributed by atoms with Crippen LogP contribution < -0.4 is 5.32 Å². The maximum absolute atomic E-state index is 9.56. The highest BCUT2D eigenvalue weighted by Crippen LogP contribution is 2.38. The van der Waals surface area contributed by atoms with Crippen LogP contribution in [0.25, 0.3) is 0 Å². The lowest BCUT2D eigenvalue weighted by molar-refractivity contribution is 0.130. The minimum Gasteiger partial charge on any atom is -0.394 e.